The van der Waals surface area contributed by atoms with Gasteiger partial charge < -0.3 is 12.6 Å². The van der Waals surface area contributed by atoms with Gasteiger partial charge in [-0.2, -0.15) is 0 Å². The van der Waals surface area contributed by atoms with Crippen molar-refractivity contribution in [3.8, 4) is 0 Å². The number of carbonyl (C=O) groups is 1. The van der Waals surface area contributed by atoms with E-state index in [9.17, 15) is 4.79 Å². The Kier molecular flexibility index (Phi) is 4.63. The summed E-state index contributed by atoms with van der Waals surface area (Å²) in [6, 6.07) is 7.60. The van der Waals surface area contributed by atoms with Crippen molar-refractivity contribution in [2.45, 2.75) is 46.4 Å². The van der Waals surface area contributed by atoms with Crippen LogP contribution in [0.3, 0.4) is 0 Å². The van der Waals surface area contributed by atoms with Crippen molar-refractivity contribution >= 4 is 29.8 Å². The van der Waals surface area contributed by atoms with E-state index >= 15 is 0 Å². The first-order valence-electron chi connectivity index (χ1n) is 7.84. The van der Waals surface area contributed by atoms with Crippen LogP contribution in [-0.4, -0.2) is 11.5 Å². The molecule has 0 saturated heterocycles. The minimum absolute atomic E-state index is 0.121. The molecule has 1 aromatic carbocycles. The molecule has 1 aliphatic rings. The Labute approximate surface area is 144 Å². The van der Waals surface area contributed by atoms with E-state index in [0.717, 1.165) is 22.5 Å². The van der Waals surface area contributed by atoms with Crippen LogP contribution in [0, 0.1) is 10.8 Å². The largest absolute Gasteiger partial charge is 0.778 e. The molecule has 0 heterocycles. The van der Waals surface area contributed by atoms with Crippen LogP contribution in [0.25, 0.3) is 0 Å². The van der Waals surface area contributed by atoms with Gasteiger partial charge in [0, 0.05) is 16.8 Å². The van der Waals surface area contributed by atoms with E-state index < -0.39 is 0 Å². The minimum Gasteiger partial charge on any atom is -0.778 e. The highest BCUT2D eigenvalue weighted by Crippen LogP contribution is 2.37. The SMILES string of the molecule is CC(C)(C)C1=CC(=Nc2ccccc2[S-])C=C(C(C)(C)C)C1=O. The predicted molar refractivity (Wildman–Crippen MR) is 99.3 cm³/mol. The summed E-state index contributed by atoms with van der Waals surface area (Å²) in [5.41, 5.74) is 2.69. The van der Waals surface area contributed by atoms with Crippen LogP contribution >= 0.6 is 0 Å². The fraction of sp³-hybridized carbons (Fsp3) is 0.400. The number of ketones is 1. The average Bonchev–Trinajstić information content (AvgIpc) is 2.40. The summed E-state index contributed by atoms with van der Waals surface area (Å²) in [5, 5.41) is 0. The maximum atomic E-state index is 12.9. The zero-order chi connectivity index (χ0) is 17.4. The summed E-state index contributed by atoms with van der Waals surface area (Å²) in [6.07, 6.45) is 3.80. The van der Waals surface area contributed by atoms with Crippen molar-refractivity contribution in [2.24, 2.45) is 15.8 Å². The van der Waals surface area contributed by atoms with Gasteiger partial charge in [0.25, 0.3) is 0 Å². The van der Waals surface area contributed by atoms with Crippen molar-refractivity contribution in [1.29, 1.82) is 0 Å². The number of hydrogen-bond acceptors (Lipinski definition) is 3. The van der Waals surface area contributed by atoms with E-state index in [4.69, 9.17) is 12.6 Å². The number of carbonyl (C=O) groups excluding carboxylic acids is 1. The molecule has 0 saturated carbocycles. The molecule has 3 heteroatoms. The third kappa shape index (κ3) is 3.97. The first kappa shape index (κ1) is 17.6. The molecule has 0 aliphatic heterocycles. The molecule has 0 atom stereocenters. The molecule has 0 fully saturated rings. The Bertz CT molecular complexity index is 689. The average molecular weight is 326 g/mol. The van der Waals surface area contributed by atoms with Gasteiger partial charge in [-0.25, -0.2) is 0 Å². The maximum absolute atomic E-state index is 12.9. The quantitative estimate of drug-likeness (QED) is 0.525. The minimum atomic E-state index is -0.226. The zero-order valence-corrected chi connectivity index (χ0v) is 15.5. The Morgan fingerprint density at radius 2 is 1.35 bits per heavy atom. The summed E-state index contributed by atoms with van der Waals surface area (Å²) >= 11 is 5.33. The third-order valence-electron chi connectivity index (χ3n) is 3.80. The number of para-hydroxylation sites is 1. The van der Waals surface area contributed by atoms with E-state index in [1.54, 1.807) is 0 Å². The molecule has 0 N–H and O–H groups in total. The van der Waals surface area contributed by atoms with Crippen molar-refractivity contribution in [2.75, 3.05) is 0 Å². The van der Waals surface area contributed by atoms with Gasteiger partial charge in [0.1, 0.15) is 0 Å². The van der Waals surface area contributed by atoms with Gasteiger partial charge in [-0.05, 0) is 29.0 Å². The molecule has 23 heavy (non-hydrogen) atoms. The van der Waals surface area contributed by atoms with Gasteiger partial charge in [0.2, 0.25) is 0 Å². The van der Waals surface area contributed by atoms with Crippen molar-refractivity contribution in [3.63, 3.8) is 0 Å². The third-order valence-corrected chi connectivity index (χ3v) is 4.15. The molecular weight excluding hydrogens is 302 g/mol. The van der Waals surface area contributed by atoms with Gasteiger partial charge in [-0.15, -0.1) is 4.90 Å². The molecule has 122 valence electrons. The second kappa shape index (κ2) is 6.04. The smallest absolute Gasteiger partial charge is 0.186 e. The first-order chi connectivity index (χ1) is 10.5. The van der Waals surface area contributed by atoms with Gasteiger partial charge >= 0.3 is 0 Å². The van der Waals surface area contributed by atoms with E-state index in [1.165, 1.54) is 0 Å². The second-order valence-corrected chi connectivity index (χ2v) is 8.39. The van der Waals surface area contributed by atoms with Gasteiger partial charge in [-0.3, -0.25) is 9.79 Å². The lowest BCUT2D eigenvalue weighted by Crippen LogP contribution is -2.29. The van der Waals surface area contributed by atoms with Crippen LogP contribution in [0.15, 0.2) is 57.5 Å². The molecular formula is C20H24NOS-. The first-order valence-corrected chi connectivity index (χ1v) is 8.25. The normalized spacial score (nSPS) is 16.1. The topological polar surface area (TPSA) is 29.4 Å². The van der Waals surface area contributed by atoms with Crippen LogP contribution in [0.1, 0.15) is 41.5 Å². The summed E-state index contributed by atoms with van der Waals surface area (Å²) in [5.74, 6) is 0.121. The Morgan fingerprint density at radius 3 is 1.78 bits per heavy atom. The highest BCUT2D eigenvalue weighted by molar-refractivity contribution is 7.59. The molecule has 0 aromatic heterocycles. The molecule has 1 aliphatic carbocycles. The maximum Gasteiger partial charge on any atom is 0.186 e. The number of allylic oxidation sites excluding steroid dienone is 4. The molecule has 0 amide bonds. The van der Waals surface area contributed by atoms with Crippen molar-refractivity contribution in [3.05, 3.63) is 47.6 Å². The van der Waals surface area contributed by atoms with E-state index in [-0.39, 0.29) is 16.6 Å². The molecule has 0 spiro atoms. The van der Waals surface area contributed by atoms with Crippen LogP contribution in [0.2, 0.25) is 0 Å². The monoisotopic (exact) mass is 326 g/mol. The van der Waals surface area contributed by atoms with Crippen LogP contribution in [0.4, 0.5) is 5.69 Å². The fourth-order valence-electron chi connectivity index (χ4n) is 2.48. The van der Waals surface area contributed by atoms with Gasteiger partial charge in [-0.1, -0.05) is 59.7 Å². The molecule has 1 aromatic rings. The van der Waals surface area contributed by atoms with Crippen LogP contribution in [-0.2, 0) is 17.4 Å². The number of benzene rings is 1. The summed E-state index contributed by atoms with van der Waals surface area (Å²) in [4.78, 5) is 18.3. The lowest BCUT2D eigenvalue weighted by atomic mass is 9.72. The summed E-state index contributed by atoms with van der Waals surface area (Å²) in [7, 11) is 0. The molecule has 2 rings (SSSR count). The van der Waals surface area contributed by atoms with Gasteiger partial charge in [0.05, 0.1) is 5.71 Å². The highest BCUT2D eigenvalue weighted by Gasteiger charge is 2.34. The van der Waals surface area contributed by atoms with Crippen molar-refractivity contribution in [1.82, 2.24) is 0 Å². The van der Waals surface area contributed by atoms with Crippen LogP contribution in [0.5, 0.6) is 0 Å². The van der Waals surface area contributed by atoms with Crippen molar-refractivity contribution < 1.29 is 4.79 Å². The van der Waals surface area contributed by atoms with E-state index in [0.29, 0.717) is 4.90 Å². The zero-order valence-electron chi connectivity index (χ0n) is 14.7. The molecule has 0 bridgehead atoms. The second-order valence-electron chi connectivity index (χ2n) is 7.95. The van der Waals surface area contributed by atoms with E-state index in [2.05, 4.69) is 46.5 Å². The lowest BCUT2D eigenvalue weighted by Gasteiger charge is -2.31. The standard InChI is InChI=1S/C20H25NOS/c1-19(2,3)14-11-13(12-15(18(14)22)20(4,5)6)21-16-9-7-8-10-17(16)23/h7-12,23H,1-6H3/p-1. The Hall–Kier alpha value is -1.74. The number of hydrogen-bond donors (Lipinski definition) is 0. The lowest BCUT2D eigenvalue weighted by molar-refractivity contribution is -0.114. The number of nitrogens with zero attached hydrogens (tertiary/aromatic N) is 1. The Morgan fingerprint density at radius 1 is 0.870 bits per heavy atom. The fourth-order valence-corrected chi connectivity index (χ4v) is 2.67. The summed E-state index contributed by atoms with van der Waals surface area (Å²) < 4.78 is 0. The summed E-state index contributed by atoms with van der Waals surface area (Å²) in [6.45, 7) is 12.3. The number of aliphatic imine (C=N–C) groups is 1. The predicted octanol–water partition coefficient (Wildman–Crippen LogP) is 5.19. The highest BCUT2D eigenvalue weighted by atomic mass is 32.1. The van der Waals surface area contributed by atoms with Crippen LogP contribution < -0.4 is 0 Å². The molecule has 2 nitrogen and oxygen atoms in total. The van der Waals surface area contributed by atoms with Gasteiger partial charge in [0.15, 0.2) is 5.78 Å². The molecule has 0 unspecified atom stereocenters. The number of rotatable bonds is 1. The molecule has 0 radical (unpaired) electrons. The number of Topliss-reactive ketones (excluding diaryl/α,β-unsaturated/α-hetero) is 1. The Balaban J connectivity index is 2.61. The van der Waals surface area contributed by atoms with E-state index in [1.807, 2.05) is 36.4 Å².